The molecule has 3 heterocycles. The van der Waals surface area contributed by atoms with Gasteiger partial charge in [-0.2, -0.15) is 8.62 Å². The van der Waals surface area contributed by atoms with Crippen LogP contribution in [-0.2, 0) is 31.6 Å². The molecule has 2 aromatic heterocycles. The highest BCUT2D eigenvalue weighted by molar-refractivity contribution is 7.66. The maximum absolute atomic E-state index is 11.9. The number of nitrogens with one attached hydrogen (secondary N) is 1. The third-order valence-corrected chi connectivity index (χ3v) is 8.63. The van der Waals surface area contributed by atoms with Gasteiger partial charge in [-0.25, -0.2) is 28.6 Å². The number of nitrogens with zero attached hydrogens (tertiary/aromatic N) is 4. The van der Waals surface area contributed by atoms with Gasteiger partial charge in [-0.3, -0.25) is 9.09 Å². The fourth-order valence-corrected chi connectivity index (χ4v) is 6.39. The first-order valence-corrected chi connectivity index (χ1v) is 14.6. The maximum atomic E-state index is 11.9. The van der Waals surface area contributed by atoms with Crippen LogP contribution in [0, 0.1) is 0 Å². The highest BCUT2D eigenvalue weighted by Gasteiger charge is 2.47. The number of anilines is 2. The Labute approximate surface area is 206 Å². The molecule has 21 heteroatoms. The summed E-state index contributed by atoms with van der Waals surface area (Å²) in [4.78, 5) is 48.5. The molecule has 6 atom stereocenters. The average Bonchev–Trinajstić information content (AvgIpc) is 3.33. The fraction of sp³-hybridized carbons (Fsp3) is 0.312. The molecule has 0 spiro atoms. The second-order valence-corrected chi connectivity index (χ2v) is 11.9. The van der Waals surface area contributed by atoms with E-state index in [-0.39, 0.29) is 5.65 Å². The maximum Gasteiger partial charge on any atom is 0.490 e. The Kier molecular flexibility index (Phi) is 7.95. The van der Waals surface area contributed by atoms with Crippen LogP contribution in [0.3, 0.4) is 0 Å². The smallest absolute Gasteiger partial charge is 0.387 e. The zero-order valence-corrected chi connectivity index (χ0v) is 20.9. The predicted molar refractivity (Wildman–Crippen MR) is 121 cm³/mol. The lowest BCUT2D eigenvalue weighted by atomic mass is 10.1. The van der Waals surface area contributed by atoms with Gasteiger partial charge in [0.25, 0.3) is 0 Å². The number of aliphatic hydroxyl groups excluding tert-OH is 2. The lowest BCUT2D eigenvalue weighted by Gasteiger charge is -2.19. The van der Waals surface area contributed by atoms with Crippen molar-refractivity contribution in [2.75, 3.05) is 11.9 Å². The van der Waals surface area contributed by atoms with Crippen molar-refractivity contribution < 1.29 is 61.4 Å². The minimum atomic E-state index is -5.72. The van der Waals surface area contributed by atoms with Crippen LogP contribution in [0.2, 0.25) is 0 Å². The van der Waals surface area contributed by atoms with E-state index in [4.69, 9.17) is 14.5 Å². The van der Waals surface area contributed by atoms with Crippen molar-refractivity contribution in [1.82, 2.24) is 19.5 Å². The second-order valence-electron chi connectivity index (χ2n) is 7.47. The number of hydrogen-bond acceptors (Lipinski definition) is 13. The molecule has 0 saturated carbocycles. The van der Waals surface area contributed by atoms with Gasteiger partial charge in [-0.05, 0) is 12.1 Å². The molecule has 18 nitrogen and oxygen atoms in total. The topological polar surface area (TPSA) is 265 Å². The molecule has 0 bridgehead atoms. The van der Waals surface area contributed by atoms with Gasteiger partial charge in [0.1, 0.15) is 24.6 Å². The normalized spacial score (nSPS) is 25.6. The van der Waals surface area contributed by atoms with Crippen LogP contribution in [0.1, 0.15) is 6.23 Å². The number of benzene rings is 1. The first kappa shape index (κ1) is 27.9. The van der Waals surface area contributed by atoms with E-state index in [2.05, 4.69) is 33.4 Å². The van der Waals surface area contributed by atoms with E-state index in [9.17, 15) is 33.7 Å². The molecule has 3 aromatic rings. The van der Waals surface area contributed by atoms with Crippen molar-refractivity contribution in [1.29, 1.82) is 0 Å². The van der Waals surface area contributed by atoms with E-state index in [0.717, 1.165) is 5.69 Å². The Morgan fingerprint density at radius 1 is 0.946 bits per heavy atom. The molecular formula is C16H20N5O13P3. The van der Waals surface area contributed by atoms with E-state index in [0.29, 0.717) is 11.3 Å². The first-order chi connectivity index (χ1) is 17.2. The summed E-state index contributed by atoms with van der Waals surface area (Å²) >= 11 is 0. The minimum absolute atomic E-state index is 0.207. The van der Waals surface area contributed by atoms with Crippen molar-refractivity contribution in [2.45, 2.75) is 24.5 Å². The van der Waals surface area contributed by atoms with Crippen LogP contribution in [0.5, 0.6) is 0 Å². The van der Waals surface area contributed by atoms with Crippen molar-refractivity contribution in [3.05, 3.63) is 43.0 Å². The summed E-state index contributed by atoms with van der Waals surface area (Å²) in [6.07, 6.45) is -3.55. The van der Waals surface area contributed by atoms with Gasteiger partial charge in [-0.1, -0.05) is 18.2 Å². The van der Waals surface area contributed by atoms with E-state index in [1.54, 1.807) is 12.1 Å². The summed E-state index contributed by atoms with van der Waals surface area (Å²) < 4.78 is 52.6. The van der Waals surface area contributed by atoms with Gasteiger partial charge in [-0.15, -0.1) is 0 Å². The van der Waals surface area contributed by atoms with Crippen molar-refractivity contribution in [3.8, 4) is 0 Å². The second kappa shape index (κ2) is 10.6. The van der Waals surface area contributed by atoms with Gasteiger partial charge >= 0.3 is 23.5 Å². The fourth-order valence-electron chi connectivity index (χ4n) is 3.36. The highest BCUT2D eigenvalue weighted by atomic mass is 31.3. The number of fused-ring (bicyclic) bond motifs is 1. The monoisotopic (exact) mass is 583 g/mol. The summed E-state index contributed by atoms with van der Waals surface area (Å²) in [7, 11) is -16.7. The van der Waals surface area contributed by atoms with E-state index in [1.807, 2.05) is 18.2 Å². The SMILES string of the molecule is O=P(O)(O)OP(=O)(O)OP(=O)(O)OC[C@H]1O[C@@H](n2cnc3c(Nc4ccccc4)ncnc32)[C@H](O)[C@@H]1O. The third-order valence-electron chi connectivity index (χ3n) is 4.82. The Bertz CT molecular complexity index is 1400. The number of phosphoric acid groups is 3. The highest BCUT2D eigenvalue weighted by Crippen LogP contribution is 2.66. The lowest BCUT2D eigenvalue weighted by Crippen LogP contribution is -2.33. The Morgan fingerprint density at radius 2 is 1.65 bits per heavy atom. The Morgan fingerprint density at radius 3 is 2.32 bits per heavy atom. The molecule has 202 valence electrons. The molecule has 1 aliphatic rings. The summed E-state index contributed by atoms with van der Waals surface area (Å²) in [5.74, 6) is 0.340. The Balaban J connectivity index is 1.47. The zero-order valence-electron chi connectivity index (χ0n) is 18.2. The zero-order chi connectivity index (χ0) is 27.0. The molecule has 37 heavy (non-hydrogen) atoms. The molecule has 2 unspecified atom stereocenters. The van der Waals surface area contributed by atoms with Gasteiger partial charge in [0.15, 0.2) is 23.2 Å². The van der Waals surface area contributed by atoms with E-state index >= 15 is 0 Å². The summed E-state index contributed by atoms with van der Waals surface area (Å²) in [6, 6.07) is 9.05. The number of aliphatic hydroxyl groups is 2. The third kappa shape index (κ3) is 6.85. The molecule has 1 saturated heterocycles. The predicted octanol–water partition coefficient (Wildman–Crippen LogP) is 0.532. The van der Waals surface area contributed by atoms with Crippen LogP contribution in [-0.4, -0.2) is 74.2 Å². The van der Waals surface area contributed by atoms with Crippen LogP contribution in [0.4, 0.5) is 11.5 Å². The van der Waals surface area contributed by atoms with Crippen molar-refractivity contribution in [2.24, 2.45) is 0 Å². The van der Waals surface area contributed by atoms with Crippen LogP contribution in [0.15, 0.2) is 43.0 Å². The molecule has 1 aromatic carbocycles. The number of ether oxygens (including phenoxy) is 1. The molecule has 0 amide bonds. The molecule has 0 radical (unpaired) electrons. The van der Waals surface area contributed by atoms with Gasteiger partial charge in [0.05, 0.1) is 12.9 Å². The number of imidazole rings is 1. The molecule has 4 rings (SSSR count). The summed E-state index contributed by atoms with van der Waals surface area (Å²) in [5, 5.41) is 23.9. The number of phosphoric ester groups is 1. The van der Waals surface area contributed by atoms with E-state index < -0.39 is 54.6 Å². The summed E-state index contributed by atoms with van der Waals surface area (Å²) in [6.45, 7) is -0.957. The van der Waals surface area contributed by atoms with Gasteiger partial charge in [0, 0.05) is 5.69 Å². The molecule has 1 fully saturated rings. The number of rotatable bonds is 10. The van der Waals surface area contributed by atoms with Crippen molar-refractivity contribution in [3.63, 3.8) is 0 Å². The largest absolute Gasteiger partial charge is 0.490 e. The lowest BCUT2D eigenvalue weighted by molar-refractivity contribution is -0.0503. The number of aromatic nitrogens is 4. The van der Waals surface area contributed by atoms with Crippen LogP contribution < -0.4 is 5.32 Å². The molecule has 1 aliphatic heterocycles. The van der Waals surface area contributed by atoms with Gasteiger partial charge in [0.2, 0.25) is 0 Å². The standard InChI is InChI=1S/C16H20N5O13P3/c22-12-10(6-31-36(27,28)34-37(29,30)33-35(24,25)26)32-16(13(12)23)21-8-19-11-14(17-7-18-15(11)21)20-9-4-2-1-3-5-9/h1-5,7-8,10,12-13,16,22-23H,6H2,(H,27,28)(H,29,30)(H,17,18,20)(H2,24,25,26)/t10-,12-,13-,16-/m1/s1. The quantitative estimate of drug-likeness (QED) is 0.160. The first-order valence-electron chi connectivity index (χ1n) is 10.0. The molecular weight excluding hydrogens is 563 g/mol. The Hall–Kier alpha value is -2.14. The molecule has 0 aliphatic carbocycles. The van der Waals surface area contributed by atoms with Crippen molar-refractivity contribution >= 4 is 46.1 Å². The number of hydrogen-bond donors (Lipinski definition) is 7. The van der Waals surface area contributed by atoms with Crippen LogP contribution >= 0.6 is 23.5 Å². The summed E-state index contributed by atoms with van der Waals surface area (Å²) in [5.41, 5.74) is 1.22. The van der Waals surface area contributed by atoms with Gasteiger partial charge < -0.3 is 39.8 Å². The molecule has 7 N–H and O–H groups in total. The van der Waals surface area contributed by atoms with E-state index in [1.165, 1.54) is 17.2 Å². The van der Waals surface area contributed by atoms with Crippen LogP contribution in [0.25, 0.3) is 11.2 Å². The minimum Gasteiger partial charge on any atom is -0.387 e. The average molecular weight is 583 g/mol. The number of para-hydroxylation sites is 1.